The SMILES string of the molecule is Nc1ccc(-c2nc(N3CCOCC3)nc(N3CCN(C(=O)c4cc(Cc5n[nH]c(=O)c6ccccc56)ccc4F)CC3)n2)cn1. The number of nitrogen functional groups attached to an aromatic ring is 1. The number of nitrogens with two attached hydrogens (primary N) is 1. The Morgan fingerprint density at radius 1 is 0.891 bits per heavy atom. The lowest BCUT2D eigenvalue weighted by Gasteiger charge is -2.35. The van der Waals surface area contributed by atoms with E-state index in [0.29, 0.717) is 110 Å². The van der Waals surface area contributed by atoms with E-state index in [1.54, 1.807) is 41.4 Å². The standard InChI is InChI=1S/C32H31FN10O3/c33-25-7-5-20(18-26-22-3-1-2-4-23(22)29(44)40-39-26)17-24(25)30(45)41-9-11-42(12-10-41)31-36-28(21-6-8-27(34)35-19-21)37-32(38-31)43-13-15-46-16-14-43/h1-8,17,19H,9-16,18H2,(H2,34,35)(H,40,44). The van der Waals surface area contributed by atoms with Gasteiger partial charge in [0.05, 0.1) is 29.9 Å². The molecule has 7 rings (SSSR count). The molecule has 5 heterocycles. The molecule has 2 saturated heterocycles. The lowest BCUT2D eigenvalue weighted by Crippen LogP contribution is -2.49. The highest BCUT2D eigenvalue weighted by atomic mass is 19.1. The Kier molecular flexibility index (Phi) is 7.93. The van der Waals surface area contributed by atoms with Gasteiger partial charge in [0.2, 0.25) is 11.9 Å². The van der Waals surface area contributed by atoms with Crippen LogP contribution in [-0.2, 0) is 11.2 Å². The summed E-state index contributed by atoms with van der Waals surface area (Å²) in [6.45, 7) is 4.08. The Morgan fingerprint density at radius 2 is 1.61 bits per heavy atom. The van der Waals surface area contributed by atoms with Crippen molar-refractivity contribution in [3.63, 3.8) is 0 Å². The first-order chi connectivity index (χ1) is 22.4. The summed E-state index contributed by atoms with van der Waals surface area (Å²) < 4.78 is 20.5. The molecule has 0 unspecified atom stereocenters. The molecule has 0 atom stereocenters. The van der Waals surface area contributed by atoms with Crippen molar-refractivity contribution < 1.29 is 13.9 Å². The Labute approximate surface area is 262 Å². The minimum absolute atomic E-state index is 0.00687. The highest BCUT2D eigenvalue weighted by Crippen LogP contribution is 2.24. The summed E-state index contributed by atoms with van der Waals surface area (Å²) >= 11 is 0. The Bertz CT molecular complexity index is 1960. The zero-order valence-corrected chi connectivity index (χ0v) is 24.9. The second-order valence-electron chi connectivity index (χ2n) is 11.1. The van der Waals surface area contributed by atoms with Gasteiger partial charge in [-0.25, -0.2) is 14.5 Å². The lowest BCUT2D eigenvalue weighted by atomic mass is 10.0. The van der Waals surface area contributed by atoms with Gasteiger partial charge in [-0.15, -0.1) is 0 Å². The van der Waals surface area contributed by atoms with Crippen LogP contribution in [0.25, 0.3) is 22.2 Å². The molecule has 2 aliphatic rings. The molecule has 5 aromatic rings. The molecule has 0 spiro atoms. The van der Waals surface area contributed by atoms with Crippen molar-refractivity contribution in [2.75, 3.05) is 68.0 Å². The molecule has 46 heavy (non-hydrogen) atoms. The van der Waals surface area contributed by atoms with E-state index in [0.717, 1.165) is 0 Å². The van der Waals surface area contributed by atoms with Crippen LogP contribution in [0.3, 0.4) is 0 Å². The highest BCUT2D eigenvalue weighted by Gasteiger charge is 2.27. The predicted octanol–water partition coefficient (Wildman–Crippen LogP) is 2.28. The first-order valence-corrected chi connectivity index (χ1v) is 15.0. The predicted molar refractivity (Wildman–Crippen MR) is 170 cm³/mol. The summed E-state index contributed by atoms with van der Waals surface area (Å²) in [7, 11) is 0. The van der Waals surface area contributed by atoms with Gasteiger partial charge < -0.3 is 25.2 Å². The first-order valence-electron chi connectivity index (χ1n) is 15.0. The first kappa shape index (κ1) is 29.2. The maximum Gasteiger partial charge on any atom is 0.272 e. The summed E-state index contributed by atoms with van der Waals surface area (Å²) in [4.78, 5) is 49.9. The second-order valence-corrected chi connectivity index (χ2v) is 11.1. The van der Waals surface area contributed by atoms with Gasteiger partial charge in [0, 0.05) is 62.8 Å². The van der Waals surface area contributed by atoms with Gasteiger partial charge in [-0.3, -0.25) is 9.59 Å². The third-order valence-corrected chi connectivity index (χ3v) is 8.21. The number of carbonyl (C=O) groups is 1. The molecule has 0 bridgehead atoms. The third-order valence-electron chi connectivity index (χ3n) is 8.21. The number of piperazine rings is 1. The van der Waals surface area contributed by atoms with E-state index in [9.17, 15) is 9.59 Å². The number of H-pyrrole nitrogens is 1. The van der Waals surface area contributed by atoms with Gasteiger partial charge in [-0.1, -0.05) is 24.3 Å². The molecular formula is C32H31FN10O3. The lowest BCUT2D eigenvalue weighted by molar-refractivity contribution is 0.0741. The fourth-order valence-corrected chi connectivity index (χ4v) is 5.69. The molecule has 13 nitrogen and oxygen atoms in total. The van der Waals surface area contributed by atoms with Crippen LogP contribution in [0.4, 0.5) is 22.1 Å². The number of hydrogen-bond donors (Lipinski definition) is 2. The number of nitrogens with zero attached hydrogens (tertiary/aromatic N) is 8. The van der Waals surface area contributed by atoms with E-state index in [-0.39, 0.29) is 11.1 Å². The molecule has 2 aromatic carbocycles. The fourth-order valence-electron chi connectivity index (χ4n) is 5.69. The molecule has 3 aromatic heterocycles. The van der Waals surface area contributed by atoms with Crippen LogP contribution in [0.15, 0.2) is 65.6 Å². The maximum absolute atomic E-state index is 15.0. The molecule has 234 valence electrons. The molecule has 2 aliphatic heterocycles. The molecule has 14 heteroatoms. The number of morpholine rings is 1. The molecule has 0 aliphatic carbocycles. The zero-order chi connectivity index (χ0) is 31.6. The third kappa shape index (κ3) is 5.94. The number of hydrogen-bond acceptors (Lipinski definition) is 11. The highest BCUT2D eigenvalue weighted by molar-refractivity contribution is 5.95. The zero-order valence-electron chi connectivity index (χ0n) is 24.9. The van der Waals surface area contributed by atoms with Crippen LogP contribution in [0.2, 0.25) is 0 Å². The van der Waals surface area contributed by atoms with Crippen molar-refractivity contribution in [3.8, 4) is 11.4 Å². The number of aromatic amines is 1. The molecule has 2 fully saturated rings. The molecule has 3 N–H and O–H groups in total. The monoisotopic (exact) mass is 622 g/mol. The minimum atomic E-state index is -0.593. The molecule has 1 amide bonds. The van der Waals surface area contributed by atoms with Crippen LogP contribution in [0.5, 0.6) is 0 Å². The van der Waals surface area contributed by atoms with Gasteiger partial charge >= 0.3 is 0 Å². The Hall–Kier alpha value is -5.50. The number of anilines is 3. The molecular weight excluding hydrogens is 591 g/mol. The smallest absolute Gasteiger partial charge is 0.272 e. The van der Waals surface area contributed by atoms with Crippen molar-refractivity contribution in [1.29, 1.82) is 0 Å². The van der Waals surface area contributed by atoms with Crippen molar-refractivity contribution in [2.45, 2.75) is 6.42 Å². The van der Waals surface area contributed by atoms with E-state index >= 15 is 4.39 Å². The summed E-state index contributed by atoms with van der Waals surface area (Å²) in [5.74, 6) is 0.921. The van der Waals surface area contributed by atoms with Crippen molar-refractivity contribution in [2.24, 2.45) is 0 Å². The normalized spacial score (nSPS) is 15.4. The van der Waals surface area contributed by atoms with E-state index < -0.39 is 11.7 Å². The van der Waals surface area contributed by atoms with Gasteiger partial charge in [-0.05, 0) is 35.9 Å². The number of benzene rings is 2. The number of aromatic nitrogens is 6. The van der Waals surface area contributed by atoms with E-state index in [1.807, 2.05) is 23.1 Å². The Balaban J connectivity index is 1.09. The van der Waals surface area contributed by atoms with Crippen LogP contribution < -0.4 is 21.1 Å². The van der Waals surface area contributed by atoms with Crippen LogP contribution in [-0.4, -0.2) is 93.4 Å². The largest absolute Gasteiger partial charge is 0.384 e. The number of halogens is 1. The van der Waals surface area contributed by atoms with Crippen LogP contribution in [0.1, 0.15) is 21.6 Å². The summed E-state index contributed by atoms with van der Waals surface area (Å²) in [6.07, 6.45) is 1.95. The number of fused-ring (bicyclic) bond motifs is 1. The summed E-state index contributed by atoms with van der Waals surface area (Å²) in [5, 5.41) is 7.99. The van der Waals surface area contributed by atoms with Gasteiger partial charge in [0.25, 0.3) is 11.5 Å². The van der Waals surface area contributed by atoms with Crippen LogP contribution >= 0.6 is 0 Å². The number of ether oxygens (including phenoxy) is 1. The van der Waals surface area contributed by atoms with Crippen molar-refractivity contribution in [3.05, 3.63) is 93.8 Å². The summed E-state index contributed by atoms with van der Waals surface area (Å²) in [5.41, 5.74) is 7.56. The number of nitrogens with one attached hydrogen (secondary N) is 1. The average molecular weight is 623 g/mol. The number of rotatable bonds is 6. The minimum Gasteiger partial charge on any atom is -0.384 e. The fraction of sp³-hybridized carbons (Fsp3) is 0.281. The second kappa shape index (κ2) is 12.5. The maximum atomic E-state index is 15.0. The number of amides is 1. The van der Waals surface area contributed by atoms with Gasteiger partial charge in [0.15, 0.2) is 5.82 Å². The van der Waals surface area contributed by atoms with Gasteiger partial charge in [0.1, 0.15) is 11.6 Å². The van der Waals surface area contributed by atoms with E-state index in [1.165, 1.54) is 6.07 Å². The summed E-state index contributed by atoms with van der Waals surface area (Å²) in [6, 6.07) is 15.2. The van der Waals surface area contributed by atoms with E-state index in [4.69, 9.17) is 25.4 Å². The Morgan fingerprint density at radius 3 is 2.33 bits per heavy atom. The molecule has 0 saturated carbocycles. The van der Waals surface area contributed by atoms with Crippen molar-refractivity contribution in [1.82, 2.24) is 35.0 Å². The van der Waals surface area contributed by atoms with E-state index in [2.05, 4.69) is 20.1 Å². The average Bonchev–Trinajstić information content (AvgIpc) is 3.10. The van der Waals surface area contributed by atoms with Crippen molar-refractivity contribution >= 4 is 34.4 Å². The number of carbonyl (C=O) groups excluding carboxylic acids is 1. The molecule has 0 radical (unpaired) electrons. The van der Waals surface area contributed by atoms with Gasteiger partial charge in [-0.2, -0.15) is 20.1 Å². The topological polar surface area (TPSA) is 159 Å². The quantitative estimate of drug-likeness (QED) is 0.286. The number of pyridine rings is 1. The van der Waals surface area contributed by atoms with Crippen LogP contribution in [0, 0.1) is 5.82 Å².